The van der Waals surface area contributed by atoms with E-state index in [0.717, 1.165) is 24.8 Å². The number of hydrogen-bond acceptors (Lipinski definition) is 5. The minimum atomic E-state index is -0.788. The lowest BCUT2D eigenvalue weighted by Crippen LogP contribution is -2.43. The highest BCUT2D eigenvalue weighted by Gasteiger charge is 2.43. The fourth-order valence-corrected chi connectivity index (χ4v) is 4.64. The standard InChI is InChI=1S/C18H24N2O4S/c21-16(8-18(23)3-1-4-18)20-10-14-9-19(5-6-24-15(14)11-20)17(22)13-2-7-25-12-13/h2,7,12,14-15,23H,1,3-6,8-11H2/t14-,15+/m0/s1. The van der Waals surface area contributed by atoms with Gasteiger partial charge in [-0.25, -0.2) is 0 Å². The monoisotopic (exact) mass is 364 g/mol. The lowest BCUT2D eigenvalue weighted by Gasteiger charge is -2.37. The van der Waals surface area contributed by atoms with E-state index >= 15 is 0 Å². The van der Waals surface area contributed by atoms with Gasteiger partial charge >= 0.3 is 0 Å². The minimum Gasteiger partial charge on any atom is -0.389 e. The maximum Gasteiger partial charge on any atom is 0.254 e. The Kier molecular flexibility index (Phi) is 4.56. The predicted molar refractivity (Wildman–Crippen MR) is 93.5 cm³/mol. The van der Waals surface area contributed by atoms with Crippen LogP contribution >= 0.6 is 11.3 Å². The van der Waals surface area contributed by atoms with E-state index in [-0.39, 0.29) is 30.3 Å². The number of likely N-dealkylation sites (tertiary alicyclic amines) is 1. The van der Waals surface area contributed by atoms with Gasteiger partial charge in [0.25, 0.3) is 5.91 Å². The van der Waals surface area contributed by atoms with Crippen LogP contribution in [0.2, 0.25) is 0 Å². The molecule has 7 heteroatoms. The second-order valence-corrected chi connectivity index (χ2v) is 8.27. The van der Waals surface area contributed by atoms with E-state index in [1.807, 2.05) is 26.6 Å². The summed E-state index contributed by atoms with van der Waals surface area (Å²) in [6.45, 7) is 2.89. The zero-order chi connectivity index (χ0) is 17.4. The van der Waals surface area contributed by atoms with Crippen molar-refractivity contribution in [2.45, 2.75) is 37.4 Å². The summed E-state index contributed by atoms with van der Waals surface area (Å²) in [6, 6.07) is 1.85. The molecule has 1 aromatic heterocycles. The van der Waals surface area contributed by atoms with Crippen molar-refractivity contribution >= 4 is 23.2 Å². The van der Waals surface area contributed by atoms with E-state index < -0.39 is 5.60 Å². The van der Waals surface area contributed by atoms with Gasteiger partial charge in [-0.2, -0.15) is 11.3 Å². The highest BCUT2D eigenvalue weighted by Crippen LogP contribution is 2.36. The summed E-state index contributed by atoms with van der Waals surface area (Å²) in [5.41, 5.74) is -0.0645. The lowest BCUT2D eigenvalue weighted by molar-refractivity contribution is -0.140. The summed E-state index contributed by atoms with van der Waals surface area (Å²) in [4.78, 5) is 28.8. The second kappa shape index (κ2) is 6.70. The molecule has 25 heavy (non-hydrogen) atoms. The Morgan fingerprint density at radius 2 is 2.08 bits per heavy atom. The fraction of sp³-hybridized carbons (Fsp3) is 0.667. The molecule has 6 nitrogen and oxygen atoms in total. The van der Waals surface area contributed by atoms with Crippen LogP contribution in [0.3, 0.4) is 0 Å². The van der Waals surface area contributed by atoms with Gasteiger partial charge in [-0.15, -0.1) is 0 Å². The van der Waals surface area contributed by atoms with Gasteiger partial charge in [-0.3, -0.25) is 9.59 Å². The lowest BCUT2D eigenvalue weighted by atomic mass is 9.77. The average Bonchev–Trinajstić information content (AvgIpc) is 3.19. The molecule has 1 N–H and O–H groups in total. The molecule has 1 aliphatic carbocycles. The van der Waals surface area contributed by atoms with E-state index in [0.29, 0.717) is 32.8 Å². The first-order valence-corrected chi connectivity index (χ1v) is 9.92. The molecular weight excluding hydrogens is 340 g/mol. The van der Waals surface area contributed by atoms with Crippen LogP contribution in [0.15, 0.2) is 16.8 Å². The van der Waals surface area contributed by atoms with Gasteiger partial charge < -0.3 is 19.6 Å². The normalized spacial score (nSPS) is 28.2. The number of carbonyl (C=O) groups is 2. The molecule has 2 amide bonds. The van der Waals surface area contributed by atoms with Crippen LogP contribution < -0.4 is 0 Å². The molecule has 2 atom stereocenters. The molecule has 3 heterocycles. The molecule has 1 saturated carbocycles. The van der Waals surface area contributed by atoms with Crippen molar-refractivity contribution in [1.29, 1.82) is 0 Å². The third-order valence-corrected chi connectivity index (χ3v) is 6.38. The molecule has 0 aromatic carbocycles. The van der Waals surface area contributed by atoms with Crippen molar-refractivity contribution in [3.63, 3.8) is 0 Å². The van der Waals surface area contributed by atoms with E-state index in [2.05, 4.69) is 0 Å². The van der Waals surface area contributed by atoms with Crippen LogP contribution in [0.4, 0.5) is 0 Å². The highest BCUT2D eigenvalue weighted by atomic mass is 32.1. The van der Waals surface area contributed by atoms with Gasteiger partial charge in [0.2, 0.25) is 5.91 Å². The van der Waals surface area contributed by atoms with Crippen molar-refractivity contribution in [2.75, 3.05) is 32.8 Å². The molecular formula is C18H24N2O4S. The Morgan fingerprint density at radius 3 is 2.76 bits per heavy atom. The zero-order valence-corrected chi connectivity index (χ0v) is 15.0. The van der Waals surface area contributed by atoms with Gasteiger partial charge in [0.15, 0.2) is 0 Å². The number of thiophene rings is 1. The van der Waals surface area contributed by atoms with Gasteiger partial charge in [0, 0.05) is 37.5 Å². The first-order valence-electron chi connectivity index (χ1n) is 8.97. The summed E-state index contributed by atoms with van der Waals surface area (Å²) in [5.74, 6) is 0.193. The molecule has 3 fully saturated rings. The summed E-state index contributed by atoms with van der Waals surface area (Å²) >= 11 is 1.52. The zero-order valence-electron chi connectivity index (χ0n) is 14.2. The molecule has 2 saturated heterocycles. The molecule has 3 aliphatic rings. The summed E-state index contributed by atoms with van der Waals surface area (Å²) in [7, 11) is 0. The molecule has 0 spiro atoms. The van der Waals surface area contributed by atoms with Crippen molar-refractivity contribution in [2.24, 2.45) is 5.92 Å². The second-order valence-electron chi connectivity index (χ2n) is 7.49. The number of rotatable bonds is 3. The largest absolute Gasteiger partial charge is 0.389 e. The Balaban J connectivity index is 1.38. The smallest absolute Gasteiger partial charge is 0.254 e. The van der Waals surface area contributed by atoms with Crippen LogP contribution in [-0.4, -0.2) is 71.2 Å². The van der Waals surface area contributed by atoms with Crippen LogP contribution in [0.25, 0.3) is 0 Å². The van der Waals surface area contributed by atoms with Gasteiger partial charge in [-0.1, -0.05) is 0 Å². The fourth-order valence-electron chi connectivity index (χ4n) is 4.01. The first-order chi connectivity index (χ1) is 12.0. The van der Waals surface area contributed by atoms with E-state index in [4.69, 9.17) is 4.74 Å². The Morgan fingerprint density at radius 1 is 1.28 bits per heavy atom. The molecule has 136 valence electrons. The number of hydrogen-bond donors (Lipinski definition) is 1. The third kappa shape index (κ3) is 3.45. The Hall–Kier alpha value is -1.44. The van der Waals surface area contributed by atoms with Gasteiger partial charge in [0.05, 0.1) is 30.3 Å². The number of aliphatic hydroxyl groups is 1. The van der Waals surface area contributed by atoms with Gasteiger partial charge in [0.1, 0.15) is 0 Å². The number of amides is 2. The van der Waals surface area contributed by atoms with Crippen LogP contribution in [-0.2, 0) is 9.53 Å². The molecule has 2 aliphatic heterocycles. The Labute approximate surface area is 151 Å². The number of carbonyl (C=O) groups excluding carboxylic acids is 2. The molecule has 0 bridgehead atoms. The van der Waals surface area contributed by atoms with Crippen LogP contribution in [0, 0.1) is 5.92 Å². The van der Waals surface area contributed by atoms with E-state index in [1.165, 1.54) is 11.3 Å². The van der Waals surface area contributed by atoms with Crippen LogP contribution in [0.5, 0.6) is 0 Å². The van der Waals surface area contributed by atoms with Crippen LogP contribution in [0.1, 0.15) is 36.0 Å². The first kappa shape index (κ1) is 17.0. The summed E-state index contributed by atoms with van der Waals surface area (Å²) in [6.07, 6.45) is 2.64. The molecule has 0 unspecified atom stereocenters. The van der Waals surface area contributed by atoms with E-state index in [1.54, 1.807) is 0 Å². The summed E-state index contributed by atoms with van der Waals surface area (Å²) in [5, 5.41) is 14.0. The maximum absolute atomic E-state index is 12.6. The molecule has 1 aromatic rings. The highest BCUT2D eigenvalue weighted by molar-refractivity contribution is 7.08. The Bertz CT molecular complexity index is 644. The molecule has 4 rings (SSSR count). The molecule has 0 radical (unpaired) electrons. The average molecular weight is 364 g/mol. The SMILES string of the molecule is O=C(CC1(O)CCC1)N1C[C@@H]2CN(C(=O)c3ccsc3)CCO[C@@H]2C1. The van der Waals surface area contributed by atoms with Crippen molar-refractivity contribution < 1.29 is 19.4 Å². The maximum atomic E-state index is 12.6. The van der Waals surface area contributed by atoms with Crippen molar-refractivity contribution in [1.82, 2.24) is 9.80 Å². The summed E-state index contributed by atoms with van der Waals surface area (Å²) < 4.78 is 5.93. The van der Waals surface area contributed by atoms with Crippen molar-refractivity contribution in [3.05, 3.63) is 22.4 Å². The topological polar surface area (TPSA) is 70.1 Å². The number of ether oxygens (including phenoxy) is 1. The van der Waals surface area contributed by atoms with Crippen molar-refractivity contribution in [3.8, 4) is 0 Å². The quantitative estimate of drug-likeness (QED) is 0.879. The third-order valence-electron chi connectivity index (χ3n) is 5.70. The van der Waals surface area contributed by atoms with Gasteiger partial charge in [-0.05, 0) is 30.7 Å². The predicted octanol–water partition coefficient (Wildman–Crippen LogP) is 1.35. The number of fused-ring (bicyclic) bond motifs is 1. The minimum absolute atomic E-state index is 0.00887. The van der Waals surface area contributed by atoms with E-state index in [9.17, 15) is 14.7 Å². The number of nitrogens with zero attached hydrogens (tertiary/aromatic N) is 2.